The number of Topliss-reactive ketones (excluding diaryl/α,β-unsaturated/α-hetero) is 3. The molecule has 0 spiro atoms. The molecule has 0 fully saturated rings. The lowest BCUT2D eigenvalue weighted by Gasteiger charge is -2.28. The van der Waals surface area contributed by atoms with Gasteiger partial charge < -0.3 is 63.3 Å². The molecule has 106 heavy (non-hydrogen) atoms. The second-order valence-electron chi connectivity index (χ2n) is 29.8. The van der Waals surface area contributed by atoms with Crippen molar-refractivity contribution in [1.29, 1.82) is 0 Å². The van der Waals surface area contributed by atoms with Gasteiger partial charge >= 0.3 is 18.3 Å². The van der Waals surface area contributed by atoms with Crippen LogP contribution in [0.15, 0.2) is 162 Å². The van der Waals surface area contributed by atoms with Crippen LogP contribution >= 0.6 is 34.0 Å². The van der Waals surface area contributed by atoms with Crippen molar-refractivity contribution in [3.05, 3.63) is 195 Å². The zero-order valence-corrected chi connectivity index (χ0v) is 64.1. The molecule has 9 aromatic rings. The number of ether oxygens (including phenoxy) is 3. The van der Waals surface area contributed by atoms with Crippen molar-refractivity contribution in [2.24, 2.45) is 17.2 Å². The number of nitrogens with one attached hydrogen (secondary N) is 6. The van der Waals surface area contributed by atoms with Crippen molar-refractivity contribution < 1.29 is 57.4 Å². The number of alkyl carbamates (subject to hydrolysis) is 3. The lowest BCUT2D eigenvalue weighted by atomic mass is 9.83. The van der Waals surface area contributed by atoms with E-state index in [1.165, 1.54) is 34.0 Å². The molecule has 0 radical (unpaired) electrons. The second-order valence-corrected chi connectivity index (χ2v) is 32.5. The number of unbranched alkanes of at least 4 members (excludes halogenated alkanes) is 3. The Morgan fingerprint density at radius 3 is 0.840 bits per heavy atom. The van der Waals surface area contributed by atoms with Gasteiger partial charge in [0.2, 0.25) is 0 Å². The predicted molar refractivity (Wildman–Crippen MR) is 423 cm³/mol. The molecule has 3 heterocycles. The van der Waals surface area contributed by atoms with Crippen LogP contribution in [0.2, 0.25) is 0 Å². The summed E-state index contributed by atoms with van der Waals surface area (Å²) < 4.78 is 19.1. The highest BCUT2D eigenvalue weighted by atomic mass is 32.1. The van der Waals surface area contributed by atoms with E-state index >= 15 is 0 Å². The third-order valence-electron chi connectivity index (χ3n) is 17.9. The Morgan fingerprint density at radius 2 is 0.594 bits per heavy atom. The molecule has 560 valence electrons. The van der Waals surface area contributed by atoms with E-state index in [0.717, 1.165) is 63.6 Å². The van der Waals surface area contributed by atoms with Gasteiger partial charge in [0.25, 0.3) is 17.7 Å². The largest absolute Gasteiger partial charge is 0.444 e. The highest BCUT2D eigenvalue weighted by molar-refractivity contribution is 7.18. The number of fused-ring (bicyclic) bond motifs is 3. The van der Waals surface area contributed by atoms with Gasteiger partial charge in [-0.2, -0.15) is 0 Å². The number of amides is 6. The lowest BCUT2D eigenvalue weighted by molar-refractivity contribution is -0.134. The minimum absolute atomic E-state index is 0.0306. The first kappa shape index (κ1) is 80.4. The van der Waals surface area contributed by atoms with Crippen LogP contribution in [0.3, 0.4) is 0 Å². The minimum atomic E-state index is -1.99. The Bertz CT molecular complexity index is 4150. The molecular formula is C82H97N9O12S3. The molecule has 24 heteroatoms. The molecule has 0 aliphatic heterocycles. The van der Waals surface area contributed by atoms with E-state index in [9.17, 15) is 43.2 Å². The summed E-state index contributed by atoms with van der Waals surface area (Å²) >= 11 is 4.48. The maximum absolute atomic E-state index is 14.7. The molecular weight excluding hydrogens is 1400 g/mol. The van der Waals surface area contributed by atoms with Crippen LogP contribution in [-0.4, -0.2) is 106 Å². The highest BCUT2D eigenvalue weighted by Crippen LogP contribution is 2.37. The Hall–Kier alpha value is -9.69. The van der Waals surface area contributed by atoms with Crippen molar-refractivity contribution in [3.63, 3.8) is 0 Å². The molecule has 6 aromatic carbocycles. The summed E-state index contributed by atoms with van der Waals surface area (Å²) in [6, 6.07) is 44.3. The number of rotatable bonds is 33. The number of benzene rings is 6. The van der Waals surface area contributed by atoms with E-state index in [1.54, 1.807) is 98.7 Å². The van der Waals surface area contributed by atoms with Gasteiger partial charge in [-0.25, -0.2) is 14.4 Å². The van der Waals surface area contributed by atoms with Gasteiger partial charge in [-0.3, -0.25) is 28.8 Å². The number of hydrogen-bond acceptors (Lipinski definition) is 18. The zero-order valence-electron chi connectivity index (χ0n) is 61.6. The maximum Gasteiger partial charge on any atom is 0.407 e. The summed E-state index contributed by atoms with van der Waals surface area (Å²) in [6.07, 6.45) is -0.0209. The smallest absolute Gasteiger partial charge is 0.407 e. The van der Waals surface area contributed by atoms with E-state index in [4.69, 9.17) is 31.4 Å². The van der Waals surface area contributed by atoms with Crippen molar-refractivity contribution in [1.82, 2.24) is 16.0 Å². The molecule has 0 bridgehead atoms. The summed E-state index contributed by atoms with van der Waals surface area (Å²) in [5.74, 6) is -4.16. The summed E-state index contributed by atoms with van der Waals surface area (Å²) in [5, 5.41) is 25.4. The molecule has 21 nitrogen and oxygen atoms in total. The number of hydrogen-bond donors (Lipinski definition) is 9. The van der Waals surface area contributed by atoms with E-state index in [2.05, 4.69) is 31.9 Å². The molecule has 0 saturated heterocycles. The molecule has 12 N–H and O–H groups in total. The van der Waals surface area contributed by atoms with Crippen molar-refractivity contribution in [3.8, 4) is 0 Å². The average Bonchev–Trinajstić information content (AvgIpc) is 1.44. The van der Waals surface area contributed by atoms with Gasteiger partial charge in [-0.05, 0) is 240 Å². The molecule has 3 aromatic heterocycles. The zero-order chi connectivity index (χ0) is 76.6. The normalized spacial score (nSPS) is 13.6. The van der Waals surface area contributed by atoms with E-state index < -0.39 is 92.7 Å². The van der Waals surface area contributed by atoms with Gasteiger partial charge in [0.1, 0.15) is 16.8 Å². The van der Waals surface area contributed by atoms with Gasteiger partial charge in [0, 0.05) is 76.0 Å². The molecule has 6 amide bonds. The minimum Gasteiger partial charge on any atom is -0.444 e. The number of thiophene rings is 3. The van der Waals surface area contributed by atoms with E-state index in [0.29, 0.717) is 55.6 Å². The molecule has 0 aliphatic carbocycles. The van der Waals surface area contributed by atoms with Crippen molar-refractivity contribution >= 4 is 135 Å². The SMILES string of the molecule is CC(C)(C)OC(=O)NCCCC[C@@](N)(C(=O)Cc1csc2ccccc12)C(=O)Nc1ccc(C(c2ccc(NC(=O)[C@@](N)(CCCCNC(=O)OC(C)(C)C)C(=O)Cc3csc4ccccc34)cc2)c2ccc(NC(=O)[C@@](N)(CCCCNC(=O)OC(C)(C)C)C(=O)Cc3csc4ccccc34)cc2)cc1. The third-order valence-corrected chi connectivity index (χ3v) is 21.0. The first-order valence-electron chi connectivity index (χ1n) is 35.7. The number of anilines is 3. The second kappa shape index (κ2) is 35.1. The quantitative estimate of drug-likeness (QED) is 0.00799. The number of nitrogens with two attached hydrogens (primary N) is 3. The van der Waals surface area contributed by atoms with Gasteiger partial charge in [0.05, 0.1) is 0 Å². The molecule has 0 aliphatic rings. The topological polar surface area (TPSA) is 332 Å². The Morgan fingerprint density at radius 1 is 0.349 bits per heavy atom. The van der Waals surface area contributed by atoms with Crippen LogP contribution in [-0.2, 0) is 62.2 Å². The van der Waals surface area contributed by atoms with Crippen LogP contribution in [0.1, 0.15) is 159 Å². The predicted octanol–water partition coefficient (Wildman–Crippen LogP) is 14.9. The Balaban J connectivity index is 0.990. The van der Waals surface area contributed by atoms with Crippen LogP contribution < -0.4 is 49.1 Å². The van der Waals surface area contributed by atoms with Gasteiger partial charge in [0.15, 0.2) is 34.0 Å². The monoisotopic (exact) mass is 1500 g/mol. The first-order chi connectivity index (χ1) is 50.2. The molecule has 3 atom stereocenters. The Kier molecular flexibility index (Phi) is 26.7. The van der Waals surface area contributed by atoms with Crippen LogP contribution in [0.5, 0.6) is 0 Å². The van der Waals surface area contributed by atoms with E-state index in [1.807, 2.05) is 125 Å². The average molecular weight is 1500 g/mol. The van der Waals surface area contributed by atoms with Crippen LogP contribution in [0.4, 0.5) is 31.4 Å². The summed E-state index contributed by atoms with van der Waals surface area (Å²) in [6.45, 7) is 16.5. The molecule has 0 unspecified atom stereocenters. The van der Waals surface area contributed by atoms with Gasteiger partial charge in [-0.1, -0.05) is 91.0 Å². The van der Waals surface area contributed by atoms with Crippen LogP contribution in [0.25, 0.3) is 30.3 Å². The lowest BCUT2D eigenvalue weighted by Crippen LogP contribution is -2.58. The standard InChI is InChI=1S/C82H97N9O12S3/c1-77(2,3)101-74(98)86-43-19-16-40-80(83,67(92)46-55-49-104-64-25-13-10-22-61(55)64)71(95)89-58-34-28-52(29-35-58)70(53-30-36-59(37-31-53)90-72(96)81(84,41-17-20-44-87-75(99)102-78(4,5)6)68(93)47-56-50-105-65-26-14-11-23-62(56)65)54-32-38-60(39-33-54)91-73(97)82(85,42-18-21-45-88-76(100)103-79(7,8)9)69(94)48-57-51-106-66-27-15-12-24-63(57)66/h10-15,22-39,49-51,70H,16-21,40-48,83-85H2,1-9H3,(H,86,98)(H,87,99)(H,88,100)(H,89,95)(H,90,96)(H,91,97)/t80-,81-,82-/m1/s1. The van der Waals surface area contributed by atoms with Crippen LogP contribution in [0, 0.1) is 0 Å². The molecule has 0 saturated carbocycles. The van der Waals surface area contributed by atoms with Crippen molar-refractivity contribution in [2.45, 2.75) is 179 Å². The third kappa shape index (κ3) is 21.7. The highest BCUT2D eigenvalue weighted by Gasteiger charge is 2.44. The maximum atomic E-state index is 14.7. The number of ketones is 3. The summed E-state index contributed by atoms with van der Waals surface area (Å²) in [7, 11) is 0. The first-order valence-corrected chi connectivity index (χ1v) is 38.3. The molecule has 9 rings (SSSR count). The summed E-state index contributed by atoms with van der Waals surface area (Å²) in [5.41, 5.74) is 18.4. The Labute approximate surface area is 630 Å². The fourth-order valence-electron chi connectivity index (χ4n) is 12.3. The van der Waals surface area contributed by atoms with E-state index in [-0.39, 0.29) is 58.2 Å². The summed E-state index contributed by atoms with van der Waals surface area (Å²) in [4.78, 5) is 125. The number of carbonyl (C=O) groups excluding carboxylic acids is 9. The van der Waals surface area contributed by atoms with Gasteiger partial charge in [-0.15, -0.1) is 34.0 Å². The fourth-order valence-corrected chi connectivity index (χ4v) is 15.2. The number of carbonyl (C=O) groups is 9. The fraction of sp³-hybridized carbons (Fsp3) is 0.378. The van der Waals surface area contributed by atoms with Crippen molar-refractivity contribution in [2.75, 3.05) is 35.6 Å².